The lowest BCUT2D eigenvalue weighted by molar-refractivity contribution is 1.09. The van der Waals surface area contributed by atoms with Gasteiger partial charge in [0, 0.05) is 6.04 Å². The molecule has 0 saturated heterocycles. The fourth-order valence-corrected chi connectivity index (χ4v) is 1.22. The molecule has 1 saturated carbocycles. The predicted molar refractivity (Wildman–Crippen MR) is 61.3 cm³/mol. The van der Waals surface area contributed by atoms with Crippen molar-refractivity contribution in [3.63, 3.8) is 0 Å². The number of rotatable bonds is 4. The van der Waals surface area contributed by atoms with Gasteiger partial charge in [0.05, 0.1) is 0 Å². The van der Waals surface area contributed by atoms with Crippen molar-refractivity contribution in [2.75, 3.05) is 22.1 Å². The van der Waals surface area contributed by atoms with Crippen LogP contribution in [0.15, 0.2) is 12.8 Å². The number of hydrogen-bond donors (Lipinski definition) is 4. The summed E-state index contributed by atoms with van der Waals surface area (Å²) < 4.78 is 0. The van der Waals surface area contributed by atoms with Crippen LogP contribution < -0.4 is 22.1 Å². The maximum absolute atomic E-state index is 5.86. The number of hydrogen-bond acceptors (Lipinski definition) is 6. The van der Waals surface area contributed by atoms with Crippen LogP contribution in [0.1, 0.15) is 12.8 Å². The normalized spacial score (nSPS) is 14.7. The highest BCUT2D eigenvalue weighted by atomic mass is 15.2. The molecule has 0 aromatic carbocycles. The third-order valence-corrected chi connectivity index (χ3v) is 2.12. The summed E-state index contributed by atoms with van der Waals surface area (Å²) in [7, 11) is 0. The molecule has 80 valence electrons. The quantitative estimate of drug-likeness (QED) is 0.580. The summed E-state index contributed by atoms with van der Waals surface area (Å²) in [5, 5.41) is 6.01. The number of nitrogens with one attached hydrogen (secondary N) is 2. The highest BCUT2D eigenvalue weighted by Gasteiger charge is 2.23. The van der Waals surface area contributed by atoms with Crippen LogP contribution in [-0.4, -0.2) is 16.0 Å². The molecular weight excluding hydrogens is 192 g/mol. The third-order valence-electron chi connectivity index (χ3n) is 2.12. The first-order chi connectivity index (χ1) is 7.20. The molecule has 6 nitrogen and oxygen atoms in total. The van der Waals surface area contributed by atoms with Crippen molar-refractivity contribution < 1.29 is 0 Å². The highest BCUT2D eigenvalue weighted by molar-refractivity contribution is 5.76. The summed E-state index contributed by atoms with van der Waals surface area (Å²) >= 11 is 0. The van der Waals surface area contributed by atoms with E-state index in [1.54, 1.807) is 0 Å². The van der Waals surface area contributed by atoms with E-state index in [1.807, 2.05) is 0 Å². The van der Waals surface area contributed by atoms with E-state index < -0.39 is 0 Å². The van der Waals surface area contributed by atoms with Gasteiger partial charge in [0.15, 0.2) is 11.6 Å². The van der Waals surface area contributed by atoms with Gasteiger partial charge in [-0.1, -0.05) is 6.58 Å². The fraction of sp³-hybridized carbons (Fsp3) is 0.333. The first kappa shape index (κ1) is 9.57. The van der Waals surface area contributed by atoms with Crippen LogP contribution in [0.25, 0.3) is 0 Å². The zero-order valence-electron chi connectivity index (χ0n) is 8.33. The topological polar surface area (TPSA) is 102 Å². The highest BCUT2D eigenvalue weighted by Crippen LogP contribution is 2.30. The zero-order chi connectivity index (χ0) is 10.8. The average molecular weight is 206 g/mol. The SMILES string of the molecule is C=CNc1nc(N)nc(NC2CC2)c1N. The van der Waals surface area contributed by atoms with E-state index in [2.05, 4.69) is 27.2 Å². The Kier molecular flexibility index (Phi) is 2.32. The van der Waals surface area contributed by atoms with Crippen LogP contribution in [0.5, 0.6) is 0 Å². The zero-order valence-corrected chi connectivity index (χ0v) is 8.33. The Bertz CT molecular complexity index is 384. The molecule has 0 aliphatic heterocycles. The summed E-state index contributed by atoms with van der Waals surface area (Å²) in [6.45, 7) is 3.54. The lowest BCUT2D eigenvalue weighted by Crippen LogP contribution is -2.11. The van der Waals surface area contributed by atoms with Crippen molar-refractivity contribution in [1.29, 1.82) is 0 Å². The van der Waals surface area contributed by atoms with Crippen LogP contribution >= 0.6 is 0 Å². The minimum Gasteiger partial charge on any atom is -0.393 e. The number of anilines is 4. The summed E-state index contributed by atoms with van der Waals surface area (Å²) in [4.78, 5) is 8.02. The number of nitrogens with zero attached hydrogens (tertiary/aromatic N) is 2. The maximum Gasteiger partial charge on any atom is 0.224 e. The molecule has 0 spiro atoms. The third kappa shape index (κ3) is 2.09. The Labute approximate surface area is 87.8 Å². The summed E-state index contributed by atoms with van der Waals surface area (Å²) in [6.07, 6.45) is 3.79. The van der Waals surface area contributed by atoms with E-state index >= 15 is 0 Å². The van der Waals surface area contributed by atoms with E-state index in [9.17, 15) is 0 Å². The second kappa shape index (κ2) is 3.64. The van der Waals surface area contributed by atoms with Crippen LogP contribution in [0.4, 0.5) is 23.3 Å². The second-order valence-electron chi connectivity index (χ2n) is 3.46. The van der Waals surface area contributed by atoms with Gasteiger partial charge in [0.1, 0.15) is 5.69 Å². The van der Waals surface area contributed by atoms with Crippen molar-refractivity contribution in [2.45, 2.75) is 18.9 Å². The Morgan fingerprint density at radius 1 is 1.27 bits per heavy atom. The van der Waals surface area contributed by atoms with E-state index in [4.69, 9.17) is 11.5 Å². The molecule has 0 amide bonds. The minimum atomic E-state index is 0.191. The van der Waals surface area contributed by atoms with Gasteiger partial charge >= 0.3 is 0 Å². The van der Waals surface area contributed by atoms with Gasteiger partial charge in [0.2, 0.25) is 5.95 Å². The van der Waals surface area contributed by atoms with Crippen molar-refractivity contribution in [1.82, 2.24) is 9.97 Å². The maximum atomic E-state index is 5.86. The molecule has 1 aliphatic carbocycles. The van der Waals surface area contributed by atoms with E-state index in [0.717, 1.165) is 12.8 Å². The molecule has 1 fully saturated rings. The van der Waals surface area contributed by atoms with Crippen molar-refractivity contribution in [3.05, 3.63) is 12.8 Å². The largest absolute Gasteiger partial charge is 0.393 e. The van der Waals surface area contributed by atoms with Crippen molar-refractivity contribution in [3.8, 4) is 0 Å². The number of aromatic nitrogens is 2. The van der Waals surface area contributed by atoms with Gasteiger partial charge in [-0.3, -0.25) is 0 Å². The smallest absolute Gasteiger partial charge is 0.224 e. The Hall–Kier alpha value is -1.98. The van der Waals surface area contributed by atoms with Gasteiger partial charge in [0.25, 0.3) is 0 Å². The van der Waals surface area contributed by atoms with E-state index in [0.29, 0.717) is 23.4 Å². The van der Waals surface area contributed by atoms with Crippen LogP contribution in [0.3, 0.4) is 0 Å². The first-order valence-corrected chi connectivity index (χ1v) is 4.77. The second-order valence-corrected chi connectivity index (χ2v) is 3.46. The van der Waals surface area contributed by atoms with Crippen LogP contribution in [0, 0.1) is 0 Å². The van der Waals surface area contributed by atoms with Gasteiger partial charge in [-0.2, -0.15) is 9.97 Å². The molecule has 1 aromatic heterocycles. The van der Waals surface area contributed by atoms with Crippen LogP contribution in [-0.2, 0) is 0 Å². The molecule has 0 atom stereocenters. The van der Waals surface area contributed by atoms with E-state index in [-0.39, 0.29) is 5.95 Å². The Morgan fingerprint density at radius 3 is 2.53 bits per heavy atom. The molecular formula is C9H14N6. The molecule has 0 bridgehead atoms. The standard InChI is InChI=1S/C9H14N6/c1-2-12-7-6(10)8(13-5-3-4-5)15-9(11)14-7/h2,5H,1,3-4,10H2,(H4,11,12,13,14,15). The summed E-state index contributed by atoms with van der Waals surface area (Å²) in [5.41, 5.74) is 11.9. The molecule has 6 heteroatoms. The van der Waals surface area contributed by atoms with Gasteiger partial charge in [-0.15, -0.1) is 0 Å². The molecule has 1 aromatic rings. The van der Waals surface area contributed by atoms with Crippen LogP contribution in [0.2, 0.25) is 0 Å². The van der Waals surface area contributed by atoms with Crippen molar-refractivity contribution in [2.24, 2.45) is 0 Å². The molecule has 1 aliphatic rings. The molecule has 1 heterocycles. The lowest BCUT2D eigenvalue weighted by Gasteiger charge is -2.11. The summed E-state index contributed by atoms with van der Waals surface area (Å²) in [5.74, 6) is 1.27. The summed E-state index contributed by atoms with van der Waals surface area (Å²) in [6, 6.07) is 0.471. The lowest BCUT2D eigenvalue weighted by atomic mass is 10.4. The first-order valence-electron chi connectivity index (χ1n) is 4.77. The Morgan fingerprint density at radius 2 is 1.93 bits per heavy atom. The molecule has 15 heavy (non-hydrogen) atoms. The van der Waals surface area contributed by atoms with E-state index in [1.165, 1.54) is 6.20 Å². The monoisotopic (exact) mass is 206 g/mol. The average Bonchev–Trinajstić information content (AvgIpc) is 2.97. The number of nitrogens with two attached hydrogens (primary N) is 2. The molecule has 6 N–H and O–H groups in total. The van der Waals surface area contributed by atoms with Gasteiger partial charge in [-0.25, -0.2) is 0 Å². The Balaban J connectivity index is 2.29. The fourth-order valence-electron chi connectivity index (χ4n) is 1.22. The van der Waals surface area contributed by atoms with Crippen molar-refractivity contribution >= 4 is 23.3 Å². The number of nitrogen functional groups attached to an aromatic ring is 2. The van der Waals surface area contributed by atoms with Gasteiger partial charge < -0.3 is 22.1 Å². The molecule has 0 unspecified atom stereocenters. The minimum absolute atomic E-state index is 0.191. The molecule has 2 rings (SSSR count). The predicted octanol–water partition coefficient (Wildman–Crippen LogP) is 0.771. The molecule has 0 radical (unpaired) electrons. The van der Waals surface area contributed by atoms with Gasteiger partial charge in [-0.05, 0) is 19.0 Å².